The molecular weight excluding hydrogens is 338 g/mol. The van der Waals surface area contributed by atoms with Crippen molar-refractivity contribution in [1.82, 2.24) is 4.90 Å². The summed E-state index contributed by atoms with van der Waals surface area (Å²) in [6, 6.07) is 5.84. The van der Waals surface area contributed by atoms with Gasteiger partial charge in [0.1, 0.15) is 0 Å². The second-order valence-corrected chi connectivity index (χ2v) is 7.31. The lowest BCUT2D eigenvalue weighted by Crippen LogP contribution is -2.38. The van der Waals surface area contributed by atoms with Crippen LogP contribution in [0.1, 0.15) is 12.8 Å². The third-order valence-corrected chi connectivity index (χ3v) is 4.97. The summed E-state index contributed by atoms with van der Waals surface area (Å²) in [7, 11) is -3.72. The zero-order valence-corrected chi connectivity index (χ0v) is 14.2. The molecular formula is C15H20ClN3O3S. The Kier molecular flexibility index (Phi) is 6.17. The van der Waals surface area contributed by atoms with Crippen molar-refractivity contribution >= 4 is 33.2 Å². The first-order chi connectivity index (χ1) is 10.9. The highest BCUT2D eigenvalue weighted by Gasteiger charge is 2.24. The average molecular weight is 358 g/mol. The maximum Gasteiger partial charge on any atom is 0.238 e. The van der Waals surface area contributed by atoms with Crippen LogP contribution < -0.4 is 10.5 Å². The number of benzene rings is 1. The van der Waals surface area contributed by atoms with Crippen LogP contribution >= 0.6 is 11.6 Å². The molecule has 3 N–H and O–H groups in total. The van der Waals surface area contributed by atoms with Gasteiger partial charge in [0.25, 0.3) is 0 Å². The number of nitrogens with one attached hydrogen (secondary N) is 1. The van der Waals surface area contributed by atoms with E-state index in [1.165, 1.54) is 29.8 Å². The monoisotopic (exact) mass is 357 g/mol. The molecule has 1 amide bonds. The van der Waals surface area contributed by atoms with E-state index in [1.54, 1.807) is 0 Å². The van der Waals surface area contributed by atoms with Gasteiger partial charge in [0, 0.05) is 23.7 Å². The van der Waals surface area contributed by atoms with E-state index in [0.29, 0.717) is 5.69 Å². The number of likely N-dealkylation sites (tertiary alicyclic amines) is 1. The molecule has 0 aliphatic carbocycles. The quantitative estimate of drug-likeness (QED) is 0.839. The number of hydrogen-bond donors (Lipinski definition) is 2. The number of nitrogens with zero attached hydrogens (tertiary/aromatic N) is 1. The molecule has 0 radical (unpaired) electrons. The Morgan fingerprint density at radius 2 is 1.91 bits per heavy atom. The first-order valence-electron chi connectivity index (χ1n) is 7.31. The van der Waals surface area contributed by atoms with Crippen LogP contribution in [0.15, 0.2) is 40.8 Å². The van der Waals surface area contributed by atoms with Gasteiger partial charge < -0.3 is 5.32 Å². The molecule has 0 aromatic heterocycles. The number of anilines is 1. The van der Waals surface area contributed by atoms with Gasteiger partial charge >= 0.3 is 0 Å². The fraction of sp³-hybridized carbons (Fsp3) is 0.400. The Bertz CT molecular complexity index is 666. The van der Waals surface area contributed by atoms with E-state index in [2.05, 4.69) is 10.2 Å². The molecule has 8 heteroatoms. The third kappa shape index (κ3) is 5.31. The Morgan fingerprint density at radius 3 is 2.43 bits per heavy atom. The summed E-state index contributed by atoms with van der Waals surface area (Å²) in [5, 5.41) is 7.86. The molecule has 6 nitrogen and oxygen atoms in total. The van der Waals surface area contributed by atoms with Crippen molar-refractivity contribution in [2.45, 2.75) is 17.7 Å². The second kappa shape index (κ2) is 7.92. The van der Waals surface area contributed by atoms with Gasteiger partial charge in [-0.1, -0.05) is 17.7 Å². The van der Waals surface area contributed by atoms with Crippen molar-refractivity contribution in [3.8, 4) is 0 Å². The zero-order chi connectivity index (χ0) is 16.9. The van der Waals surface area contributed by atoms with Gasteiger partial charge in [0.15, 0.2) is 0 Å². The molecule has 1 aliphatic heterocycles. The summed E-state index contributed by atoms with van der Waals surface area (Å²) in [5.74, 6) is -0.0787. The van der Waals surface area contributed by atoms with Gasteiger partial charge in [-0.05, 0) is 50.2 Å². The predicted molar refractivity (Wildman–Crippen MR) is 90.6 cm³/mol. The largest absolute Gasteiger partial charge is 0.326 e. The van der Waals surface area contributed by atoms with Crippen molar-refractivity contribution in [2.75, 3.05) is 25.0 Å². The molecule has 0 unspecified atom stereocenters. The van der Waals surface area contributed by atoms with Gasteiger partial charge in [-0.3, -0.25) is 9.69 Å². The predicted octanol–water partition coefficient (Wildman–Crippen LogP) is 1.74. The fourth-order valence-corrected chi connectivity index (χ4v) is 3.13. The van der Waals surface area contributed by atoms with E-state index in [9.17, 15) is 13.2 Å². The summed E-state index contributed by atoms with van der Waals surface area (Å²) in [6.07, 6.45) is 3.46. The maximum atomic E-state index is 12.3. The molecule has 0 bridgehead atoms. The van der Waals surface area contributed by atoms with Crippen molar-refractivity contribution < 1.29 is 13.2 Å². The van der Waals surface area contributed by atoms with Gasteiger partial charge in [-0.2, -0.15) is 0 Å². The number of sulfonamides is 1. The molecule has 1 saturated heterocycles. The SMILES string of the molecule is NS(=O)(=O)c1ccc(NC(=O)C2CCN(C/C=C/Cl)CC2)cc1. The van der Waals surface area contributed by atoms with Gasteiger partial charge in [0.2, 0.25) is 15.9 Å². The van der Waals surface area contributed by atoms with Gasteiger partial charge in [0.05, 0.1) is 4.90 Å². The fourth-order valence-electron chi connectivity index (χ4n) is 2.54. The third-order valence-electron chi connectivity index (χ3n) is 3.86. The number of rotatable bonds is 5. The number of carbonyl (C=O) groups is 1. The lowest BCUT2D eigenvalue weighted by atomic mass is 9.96. The van der Waals surface area contributed by atoms with Crippen LogP contribution in [0, 0.1) is 5.92 Å². The molecule has 1 heterocycles. The van der Waals surface area contributed by atoms with Crippen molar-refractivity contribution in [1.29, 1.82) is 0 Å². The lowest BCUT2D eigenvalue weighted by molar-refractivity contribution is -0.121. The molecule has 0 spiro atoms. The van der Waals surface area contributed by atoms with Crippen molar-refractivity contribution in [3.63, 3.8) is 0 Å². The molecule has 126 valence electrons. The Morgan fingerprint density at radius 1 is 1.30 bits per heavy atom. The molecule has 1 aliphatic rings. The number of hydrogen-bond acceptors (Lipinski definition) is 4. The standard InChI is InChI=1S/C15H20ClN3O3S/c16-8-1-9-19-10-6-12(7-11-19)15(20)18-13-2-4-14(5-3-13)23(17,21)22/h1-5,8,12H,6-7,9-11H2,(H,18,20)(H2,17,21,22)/b8-1+. The van der Waals surface area contributed by atoms with Crippen LogP contribution in [-0.2, 0) is 14.8 Å². The van der Waals surface area contributed by atoms with Crippen LogP contribution in [0.25, 0.3) is 0 Å². The zero-order valence-electron chi connectivity index (χ0n) is 12.6. The van der Waals surface area contributed by atoms with Gasteiger partial charge in [-0.25, -0.2) is 13.6 Å². The van der Waals surface area contributed by atoms with E-state index in [1.807, 2.05) is 6.08 Å². The smallest absolute Gasteiger partial charge is 0.238 e. The van der Waals surface area contributed by atoms with E-state index in [4.69, 9.17) is 16.7 Å². The molecule has 1 fully saturated rings. The first kappa shape index (κ1) is 17.9. The molecule has 0 atom stereocenters. The topological polar surface area (TPSA) is 92.5 Å². The van der Waals surface area contributed by atoms with Crippen LogP contribution in [0.4, 0.5) is 5.69 Å². The summed E-state index contributed by atoms with van der Waals surface area (Å²) < 4.78 is 22.4. The minimum absolute atomic E-state index is 0.0242. The Labute approximate surface area is 141 Å². The molecule has 0 saturated carbocycles. The molecule has 1 aromatic rings. The van der Waals surface area contributed by atoms with Crippen LogP contribution in [-0.4, -0.2) is 38.9 Å². The van der Waals surface area contributed by atoms with Crippen LogP contribution in [0.5, 0.6) is 0 Å². The van der Waals surface area contributed by atoms with E-state index in [-0.39, 0.29) is 16.7 Å². The normalized spacial score (nSPS) is 17.5. The molecule has 23 heavy (non-hydrogen) atoms. The Balaban J connectivity index is 1.88. The first-order valence-corrected chi connectivity index (χ1v) is 9.30. The van der Waals surface area contributed by atoms with E-state index < -0.39 is 10.0 Å². The highest BCUT2D eigenvalue weighted by Crippen LogP contribution is 2.20. The molecule has 2 rings (SSSR count). The average Bonchev–Trinajstić information content (AvgIpc) is 2.53. The van der Waals surface area contributed by atoms with Crippen LogP contribution in [0.3, 0.4) is 0 Å². The number of nitrogens with two attached hydrogens (primary N) is 1. The number of primary sulfonamides is 1. The number of amides is 1. The van der Waals surface area contributed by atoms with Crippen molar-refractivity contribution in [2.24, 2.45) is 11.1 Å². The number of carbonyl (C=O) groups excluding carboxylic acids is 1. The number of piperidine rings is 1. The minimum Gasteiger partial charge on any atom is -0.326 e. The maximum absolute atomic E-state index is 12.3. The summed E-state index contributed by atoms with van der Waals surface area (Å²) in [6.45, 7) is 2.50. The second-order valence-electron chi connectivity index (χ2n) is 5.50. The highest BCUT2D eigenvalue weighted by atomic mass is 35.5. The summed E-state index contributed by atoms with van der Waals surface area (Å²) in [4.78, 5) is 14.5. The summed E-state index contributed by atoms with van der Waals surface area (Å²) >= 11 is 5.51. The van der Waals surface area contributed by atoms with E-state index >= 15 is 0 Å². The Hall–Kier alpha value is -1.41. The van der Waals surface area contributed by atoms with Crippen LogP contribution in [0.2, 0.25) is 0 Å². The van der Waals surface area contributed by atoms with Crippen molar-refractivity contribution in [3.05, 3.63) is 35.9 Å². The lowest BCUT2D eigenvalue weighted by Gasteiger charge is -2.30. The van der Waals surface area contributed by atoms with E-state index in [0.717, 1.165) is 32.5 Å². The number of halogens is 1. The summed E-state index contributed by atoms with van der Waals surface area (Å²) in [5.41, 5.74) is 2.07. The highest BCUT2D eigenvalue weighted by molar-refractivity contribution is 7.89. The van der Waals surface area contributed by atoms with Gasteiger partial charge in [-0.15, -0.1) is 0 Å². The minimum atomic E-state index is -3.72. The molecule has 1 aromatic carbocycles.